The van der Waals surface area contributed by atoms with Crippen LogP contribution in [0.3, 0.4) is 0 Å². The summed E-state index contributed by atoms with van der Waals surface area (Å²) < 4.78 is 0.618. The topological polar surface area (TPSA) is 84.0 Å². The smallest absolute Gasteiger partial charge is 0.267 e. The summed E-state index contributed by atoms with van der Waals surface area (Å²) in [5.41, 5.74) is 5.05. The molecule has 2 N–H and O–H groups in total. The Balaban J connectivity index is 2.04. The van der Waals surface area contributed by atoms with Crippen LogP contribution < -0.4 is 10.9 Å². The predicted octanol–water partition coefficient (Wildman–Crippen LogP) is 2.69. The molecule has 0 saturated carbocycles. The lowest BCUT2D eigenvalue weighted by atomic mass is 10.2. The first-order valence-electron chi connectivity index (χ1n) is 5.94. The van der Waals surface area contributed by atoms with Crippen molar-refractivity contribution in [3.63, 3.8) is 0 Å². The van der Waals surface area contributed by atoms with Crippen molar-refractivity contribution in [3.8, 4) is 0 Å². The molecule has 22 heavy (non-hydrogen) atoms. The molecule has 0 bridgehead atoms. The van der Waals surface area contributed by atoms with Gasteiger partial charge in [-0.15, -0.1) is 0 Å². The van der Waals surface area contributed by atoms with Crippen LogP contribution in [0.1, 0.15) is 20.7 Å². The summed E-state index contributed by atoms with van der Waals surface area (Å²) >= 11 is 10.5. The first-order chi connectivity index (χ1) is 10.5. The summed E-state index contributed by atoms with van der Waals surface area (Å²) in [4.78, 5) is 31.9. The Bertz CT molecular complexity index is 729. The first-order valence-corrected chi connectivity index (χ1v) is 8.34. The number of rotatable bonds is 3. The molecule has 9 heteroatoms. The highest BCUT2D eigenvalue weighted by Gasteiger charge is 2.15. The number of hydrazine groups is 1. The van der Waals surface area contributed by atoms with Crippen LogP contribution in [0.5, 0.6) is 0 Å². The summed E-state index contributed by atoms with van der Waals surface area (Å²) in [5.74, 6) is -1.06. The Morgan fingerprint density at radius 3 is 2.41 bits per heavy atom. The summed E-state index contributed by atoms with van der Waals surface area (Å²) in [7, 11) is 0. The molecule has 0 aliphatic heterocycles. The highest BCUT2D eigenvalue weighted by Crippen LogP contribution is 2.17. The summed E-state index contributed by atoms with van der Waals surface area (Å²) in [6, 6.07) is 6.84. The largest absolute Gasteiger partial charge is 0.274 e. The molecule has 0 aliphatic carbocycles. The molecule has 0 fully saturated rings. The second-order valence-electron chi connectivity index (χ2n) is 3.95. The first kappa shape index (κ1) is 16.7. The maximum Gasteiger partial charge on any atom is 0.274 e. The van der Waals surface area contributed by atoms with Crippen molar-refractivity contribution in [3.05, 3.63) is 51.2 Å². The molecule has 0 saturated heterocycles. The second-order valence-corrected chi connectivity index (χ2v) is 5.94. The van der Waals surface area contributed by atoms with Gasteiger partial charge in [-0.2, -0.15) is 0 Å². The van der Waals surface area contributed by atoms with Crippen LogP contribution in [-0.4, -0.2) is 28.0 Å². The Kier molecular flexibility index (Phi) is 5.76. The third-order valence-corrected chi connectivity index (χ3v) is 4.10. The summed E-state index contributed by atoms with van der Waals surface area (Å²) in [6.45, 7) is 0. The van der Waals surface area contributed by atoms with Gasteiger partial charge in [0.15, 0.2) is 5.16 Å². The van der Waals surface area contributed by atoms with E-state index in [1.807, 2.05) is 0 Å². The fraction of sp³-hybridized carbons (Fsp3) is 0.0769. The predicted molar refractivity (Wildman–Crippen MR) is 87.9 cm³/mol. The molecule has 0 spiro atoms. The molecule has 0 unspecified atom stereocenters. The number of nitrogens with one attached hydrogen (secondary N) is 2. The van der Waals surface area contributed by atoms with E-state index in [0.717, 1.165) is 0 Å². The van der Waals surface area contributed by atoms with E-state index in [1.54, 1.807) is 30.5 Å². The Hall–Kier alpha value is -1.64. The van der Waals surface area contributed by atoms with Gasteiger partial charge >= 0.3 is 0 Å². The van der Waals surface area contributed by atoms with E-state index < -0.39 is 11.8 Å². The monoisotopic (exact) mass is 400 g/mol. The Labute approximate surface area is 144 Å². The summed E-state index contributed by atoms with van der Waals surface area (Å²) in [6.07, 6.45) is 3.10. The number of amides is 2. The van der Waals surface area contributed by atoms with E-state index in [4.69, 9.17) is 11.6 Å². The van der Waals surface area contributed by atoms with Crippen molar-refractivity contribution in [2.45, 2.75) is 5.16 Å². The fourth-order valence-corrected chi connectivity index (χ4v) is 2.56. The van der Waals surface area contributed by atoms with Gasteiger partial charge < -0.3 is 0 Å². The fourth-order valence-electron chi connectivity index (χ4n) is 1.49. The van der Waals surface area contributed by atoms with E-state index >= 15 is 0 Å². The minimum Gasteiger partial charge on any atom is -0.267 e. The molecule has 0 atom stereocenters. The van der Waals surface area contributed by atoms with Crippen molar-refractivity contribution < 1.29 is 9.59 Å². The Morgan fingerprint density at radius 2 is 1.82 bits per heavy atom. The van der Waals surface area contributed by atoms with E-state index in [1.165, 1.54) is 18.0 Å². The highest BCUT2D eigenvalue weighted by molar-refractivity contribution is 9.10. The molecule has 2 rings (SSSR count). The average molecular weight is 402 g/mol. The lowest BCUT2D eigenvalue weighted by Crippen LogP contribution is -2.42. The third-order valence-electron chi connectivity index (χ3n) is 2.56. The zero-order valence-electron chi connectivity index (χ0n) is 11.3. The number of thioether (sulfide) groups is 1. The Morgan fingerprint density at radius 1 is 1.18 bits per heavy atom. The number of aromatic nitrogens is 2. The normalized spacial score (nSPS) is 10.1. The van der Waals surface area contributed by atoms with Gasteiger partial charge in [-0.05, 0) is 34.3 Å². The van der Waals surface area contributed by atoms with Gasteiger partial charge in [0.25, 0.3) is 11.8 Å². The zero-order chi connectivity index (χ0) is 16.1. The second kappa shape index (κ2) is 7.57. The minimum atomic E-state index is -0.599. The lowest BCUT2D eigenvalue weighted by molar-refractivity contribution is 0.0846. The number of benzene rings is 1. The van der Waals surface area contributed by atoms with E-state index in [0.29, 0.717) is 15.2 Å². The van der Waals surface area contributed by atoms with Gasteiger partial charge in [0.2, 0.25) is 0 Å². The van der Waals surface area contributed by atoms with Crippen LogP contribution in [0, 0.1) is 0 Å². The standard InChI is InChI=1S/C13H10BrClN4O2S/c1-22-13-16-6-8(10(15)17-13)12(21)19-18-11(20)7-4-2-3-5-9(7)14/h2-6H,1H3,(H,18,20)(H,19,21). The molecular weight excluding hydrogens is 392 g/mol. The molecule has 2 aromatic rings. The van der Waals surface area contributed by atoms with Crippen LogP contribution >= 0.6 is 39.3 Å². The van der Waals surface area contributed by atoms with Crippen LogP contribution in [-0.2, 0) is 0 Å². The van der Waals surface area contributed by atoms with Gasteiger partial charge in [-0.3, -0.25) is 20.4 Å². The van der Waals surface area contributed by atoms with E-state index in [2.05, 4.69) is 36.7 Å². The molecule has 0 aliphatic rings. The SMILES string of the molecule is CSc1ncc(C(=O)NNC(=O)c2ccccc2Br)c(Cl)n1. The minimum absolute atomic E-state index is 0.0204. The maximum absolute atomic E-state index is 12.0. The molecule has 1 aromatic heterocycles. The van der Waals surface area contributed by atoms with Crippen LogP contribution in [0.15, 0.2) is 40.1 Å². The molecule has 1 heterocycles. The van der Waals surface area contributed by atoms with Crippen molar-refractivity contribution in [2.24, 2.45) is 0 Å². The van der Waals surface area contributed by atoms with Gasteiger partial charge in [-0.25, -0.2) is 9.97 Å². The quantitative estimate of drug-likeness (QED) is 0.357. The number of halogens is 2. The molecule has 114 valence electrons. The van der Waals surface area contributed by atoms with Crippen molar-refractivity contribution in [1.82, 2.24) is 20.8 Å². The van der Waals surface area contributed by atoms with Gasteiger partial charge in [0, 0.05) is 10.7 Å². The van der Waals surface area contributed by atoms with Gasteiger partial charge in [0.1, 0.15) is 5.15 Å². The number of nitrogens with zero attached hydrogens (tertiary/aromatic N) is 2. The summed E-state index contributed by atoms with van der Waals surface area (Å²) in [5, 5.41) is 0.478. The number of hydrogen-bond acceptors (Lipinski definition) is 5. The molecule has 1 aromatic carbocycles. The maximum atomic E-state index is 12.0. The number of carbonyl (C=O) groups excluding carboxylic acids is 2. The number of hydrogen-bond donors (Lipinski definition) is 2. The van der Waals surface area contributed by atoms with E-state index in [-0.39, 0.29) is 10.7 Å². The number of carbonyl (C=O) groups is 2. The average Bonchev–Trinajstić information content (AvgIpc) is 2.52. The van der Waals surface area contributed by atoms with Crippen LogP contribution in [0.4, 0.5) is 0 Å². The van der Waals surface area contributed by atoms with Crippen LogP contribution in [0.2, 0.25) is 5.15 Å². The van der Waals surface area contributed by atoms with Crippen molar-refractivity contribution >= 4 is 51.1 Å². The highest BCUT2D eigenvalue weighted by atomic mass is 79.9. The molecule has 0 radical (unpaired) electrons. The molecule has 2 amide bonds. The third kappa shape index (κ3) is 3.96. The van der Waals surface area contributed by atoms with Crippen LogP contribution in [0.25, 0.3) is 0 Å². The van der Waals surface area contributed by atoms with Gasteiger partial charge in [0.05, 0.1) is 11.1 Å². The van der Waals surface area contributed by atoms with Crippen molar-refractivity contribution in [1.29, 1.82) is 0 Å². The lowest BCUT2D eigenvalue weighted by Gasteiger charge is -2.09. The molecular formula is C13H10BrClN4O2S. The zero-order valence-corrected chi connectivity index (χ0v) is 14.4. The molecule has 6 nitrogen and oxygen atoms in total. The van der Waals surface area contributed by atoms with Gasteiger partial charge in [-0.1, -0.05) is 35.5 Å². The van der Waals surface area contributed by atoms with E-state index in [9.17, 15) is 9.59 Å². The van der Waals surface area contributed by atoms with Crippen molar-refractivity contribution in [2.75, 3.05) is 6.26 Å².